The Hall–Kier alpha value is -2.82. The van der Waals surface area contributed by atoms with E-state index >= 15 is 0 Å². The fraction of sp³-hybridized carbons (Fsp3) is 0.417. The van der Waals surface area contributed by atoms with Crippen LogP contribution in [-0.2, 0) is 4.74 Å². The minimum absolute atomic E-state index is 0.0387. The number of hydrogen-bond donors (Lipinski definition) is 2. The summed E-state index contributed by atoms with van der Waals surface area (Å²) in [5.74, 6) is 0.237. The van der Waals surface area contributed by atoms with Crippen LogP contribution in [0.15, 0.2) is 18.2 Å². The topological polar surface area (TPSA) is 120 Å². The lowest BCUT2D eigenvalue weighted by atomic mass is 10.1. The van der Waals surface area contributed by atoms with Crippen LogP contribution in [0.2, 0.25) is 10.0 Å². The highest BCUT2D eigenvalue weighted by atomic mass is 35.5. The second-order valence-corrected chi connectivity index (χ2v) is 11.5. The van der Waals surface area contributed by atoms with Crippen molar-refractivity contribution in [2.75, 3.05) is 25.9 Å². The number of nitrogen functional groups attached to an aromatic ring is 1. The Kier molecular flexibility index (Phi) is 7.23. The SMILES string of the molecule is COc1cc(Cl)cc(Cl)c1-c1nc(N)nc2sc(C(=O)NC3CN(C(=O)OC(C)(C)C)CC3C)cc12. The minimum Gasteiger partial charge on any atom is -0.496 e. The standard InChI is InChI=1S/C24H27Cl2N5O4S/c1-11-9-31(23(33)35-24(2,3)4)10-15(11)28-20(32)17-8-13-19(29-22(27)30-21(13)36-17)18-14(26)6-12(25)7-16(18)34-5/h6-8,11,15H,9-10H2,1-5H3,(H,28,32)(H2,27,29,30). The molecule has 0 aliphatic carbocycles. The van der Waals surface area contributed by atoms with Gasteiger partial charge in [-0.2, -0.15) is 0 Å². The summed E-state index contributed by atoms with van der Waals surface area (Å²) >= 11 is 13.8. The molecule has 1 aliphatic rings. The van der Waals surface area contributed by atoms with Crippen LogP contribution < -0.4 is 15.8 Å². The number of thiophene rings is 1. The first kappa shape index (κ1) is 26.2. The third-order valence-corrected chi connectivity index (χ3v) is 7.23. The maximum atomic E-state index is 13.2. The van der Waals surface area contributed by atoms with Gasteiger partial charge in [-0.05, 0) is 44.9 Å². The Bertz CT molecular complexity index is 1340. The van der Waals surface area contributed by atoms with E-state index in [9.17, 15) is 9.59 Å². The van der Waals surface area contributed by atoms with Crippen molar-refractivity contribution in [3.63, 3.8) is 0 Å². The number of nitrogens with two attached hydrogens (primary N) is 1. The first-order valence-corrected chi connectivity index (χ1v) is 12.8. The van der Waals surface area contributed by atoms with E-state index in [0.29, 0.717) is 55.2 Å². The van der Waals surface area contributed by atoms with Crippen molar-refractivity contribution in [1.82, 2.24) is 20.2 Å². The summed E-state index contributed by atoms with van der Waals surface area (Å²) in [6.45, 7) is 8.31. The van der Waals surface area contributed by atoms with Crippen LogP contribution in [0.1, 0.15) is 37.4 Å². The third-order valence-electron chi connectivity index (χ3n) is 5.69. The Morgan fingerprint density at radius 1 is 1.19 bits per heavy atom. The predicted octanol–water partition coefficient (Wildman–Crippen LogP) is 5.24. The van der Waals surface area contributed by atoms with Crippen LogP contribution in [0.5, 0.6) is 5.75 Å². The summed E-state index contributed by atoms with van der Waals surface area (Å²) in [6.07, 6.45) is -0.392. The molecular formula is C24H27Cl2N5O4S. The molecule has 36 heavy (non-hydrogen) atoms. The van der Waals surface area contributed by atoms with Gasteiger partial charge in [-0.3, -0.25) is 4.79 Å². The molecule has 2 aromatic heterocycles. The van der Waals surface area contributed by atoms with Gasteiger partial charge in [0.1, 0.15) is 16.2 Å². The molecule has 12 heteroatoms. The minimum atomic E-state index is -0.588. The van der Waals surface area contributed by atoms with Crippen molar-refractivity contribution in [1.29, 1.82) is 0 Å². The summed E-state index contributed by atoms with van der Waals surface area (Å²) < 4.78 is 10.9. The van der Waals surface area contributed by atoms with Crippen molar-refractivity contribution < 1.29 is 19.1 Å². The van der Waals surface area contributed by atoms with Crippen molar-refractivity contribution >= 4 is 62.7 Å². The number of methoxy groups -OCH3 is 1. The molecule has 0 bridgehead atoms. The molecule has 0 spiro atoms. The lowest BCUT2D eigenvalue weighted by molar-refractivity contribution is 0.0285. The molecule has 2 amide bonds. The summed E-state index contributed by atoms with van der Waals surface area (Å²) in [5.41, 5.74) is 6.34. The largest absolute Gasteiger partial charge is 0.496 e. The average Bonchev–Trinajstić information content (AvgIpc) is 3.35. The van der Waals surface area contributed by atoms with Crippen molar-refractivity contribution in [2.45, 2.75) is 39.3 Å². The van der Waals surface area contributed by atoms with Crippen molar-refractivity contribution in [2.24, 2.45) is 5.92 Å². The highest BCUT2D eigenvalue weighted by molar-refractivity contribution is 7.20. The second kappa shape index (κ2) is 9.91. The Balaban J connectivity index is 1.61. The molecule has 4 rings (SSSR count). The lowest BCUT2D eigenvalue weighted by Gasteiger charge is -2.24. The highest BCUT2D eigenvalue weighted by Gasteiger charge is 2.36. The second-order valence-electron chi connectivity index (χ2n) is 9.67. The van der Waals surface area contributed by atoms with Gasteiger partial charge in [-0.1, -0.05) is 30.1 Å². The molecule has 1 saturated heterocycles. The molecule has 192 valence electrons. The molecule has 3 aromatic rings. The molecule has 1 aliphatic heterocycles. The molecule has 2 atom stereocenters. The van der Waals surface area contributed by atoms with Crippen LogP contribution in [0.25, 0.3) is 21.5 Å². The Labute approximate surface area is 222 Å². The van der Waals surface area contributed by atoms with Crippen molar-refractivity contribution in [3.8, 4) is 17.0 Å². The van der Waals surface area contributed by atoms with Gasteiger partial charge < -0.3 is 25.4 Å². The first-order chi connectivity index (χ1) is 16.9. The zero-order chi connectivity index (χ0) is 26.4. The number of nitrogens with zero attached hydrogens (tertiary/aromatic N) is 3. The summed E-state index contributed by atoms with van der Waals surface area (Å²) in [5, 5.41) is 4.40. The molecule has 1 aromatic carbocycles. The average molecular weight is 552 g/mol. The van der Waals surface area contributed by atoms with Gasteiger partial charge >= 0.3 is 6.09 Å². The van der Waals surface area contributed by atoms with E-state index in [1.54, 1.807) is 23.1 Å². The Morgan fingerprint density at radius 3 is 2.58 bits per heavy atom. The van der Waals surface area contributed by atoms with E-state index in [4.69, 9.17) is 38.4 Å². The molecule has 2 unspecified atom stereocenters. The normalized spacial score (nSPS) is 17.9. The first-order valence-electron chi connectivity index (χ1n) is 11.3. The lowest BCUT2D eigenvalue weighted by Crippen LogP contribution is -2.41. The van der Waals surface area contributed by atoms with Gasteiger partial charge in [0.05, 0.1) is 34.3 Å². The van der Waals surface area contributed by atoms with Crippen LogP contribution in [0.3, 0.4) is 0 Å². The van der Waals surface area contributed by atoms with Crippen LogP contribution in [0.4, 0.5) is 10.7 Å². The number of aromatic nitrogens is 2. The van der Waals surface area contributed by atoms with Crippen molar-refractivity contribution in [3.05, 3.63) is 33.1 Å². The third kappa shape index (κ3) is 5.45. The summed E-state index contributed by atoms with van der Waals surface area (Å²) in [6, 6.07) is 4.70. The molecule has 3 N–H and O–H groups in total. The number of fused-ring (bicyclic) bond motifs is 1. The maximum absolute atomic E-state index is 13.2. The van der Waals surface area contributed by atoms with E-state index < -0.39 is 11.7 Å². The van der Waals surface area contributed by atoms with E-state index in [1.807, 2.05) is 27.7 Å². The van der Waals surface area contributed by atoms with E-state index in [-0.39, 0.29) is 23.8 Å². The fourth-order valence-corrected chi connectivity index (χ4v) is 5.56. The van der Waals surface area contributed by atoms with Gasteiger partial charge in [-0.25, -0.2) is 14.8 Å². The number of ether oxygens (including phenoxy) is 2. The summed E-state index contributed by atoms with van der Waals surface area (Å²) in [4.78, 5) is 37.0. The molecule has 3 heterocycles. The number of carbonyl (C=O) groups excluding carboxylic acids is 2. The quantitative estimate of drug-likeness (QED) is 0.454. The fourth-order valence-electron chi connectivity index (χ4n) is 4.05. The number of hydrogen-bond acceptors (Lipinski definition) is 8. The molecule has 9 nitrogen and oxygen atoms in total. The predicted molar refractivity (Wildman–Crippen MR) is 142 cm³/mol. The van der Waals surface area contributed by atoms with Gasteiger partial charge in [0.2, 0.25) is 5.95 Å². The molecule has 0 radical (unpaired) electrons. The van der Waals surface area contributed by atoms with E-state index in [1.165, 1.54) is 18.4 Å². The number of anilines is 1. The number of amides is 2. The van der Waals surface area contributed by atoms with Crippen LogP contribution in [-0.4, -0.2) is 58.7 Å². The van der Waals surface area contributed by atoms with Gasteiger partial charge in [0.25, 0.3) is 5.91 Å². The van der Waals surface area contributed by atoms with Crippen LogP contribution >= 0.6 is 34.5 Å². The molecule has 1 fully saturated rings. The summed E-state index contributed by atoms with van der Waals surface area (Å²) in [7, 11) is 1.50. The highest BCUT2D eigenvalue weighted by Crippen LogP contribution is 2.42. The number of nitrogens with one attached hydrogen (secondary N) is 1. The molecule has 0 saturated carbocycles. The number of carbonyl (C=O) groups is 2. The molecular weight excluding hydrogens is 525 g/mol. The van der Waals surface area contributed by atoms with Gasteiger partial charge in [0.15, 0.2) is 0 Å². The van der Waals surface area contributed by atoms with Gasteiger partial charge in [-0.15, -0.1) is 11.3 Å². The van der Waals surface area contributed by atoms with Crippen LogP contribution in [0, 0.1) is 5.92 Å². The van der Waals surface area contributed by atoms with E-state index in [2.05, 4.69) is 15.3 Å². The van der Waals surface area contributed by atoms with Gasteiger partial charge in [0, 0.05) is 23.5 Å². The Morgan fingerprint density at radius 2 is 1.92 bits per heavy atom. The zero-order valence-corrected chi connectivity index (χ0v) is 22.8. The maximum Gasteiger partial charge on any atom is 0.410 e. The smallest absolute Gasteiger partial charge is 0.410 e. The van der Waals surface area contributed by atoms with E-state index in [0.717, 1.165) is 0 Å². The number of benzene rings is 1. The number of rotatable bonds is 4. The number of likely N-dealkylation sites (tertiary alicyclic amines) is 1. The number of halogens is 2. The monoisotopic (exact) mass is 551 g/mol. The zero-order valence-electron chi connectivity index (χ0n) is 20.5.